The second kappa shape index (κ2) is 4.59. The van der Waals surface area contributed by atoms with Crippen LogP contribution >= 0.6 is 11.7 Å². The lowest BCUT2D eigenvalue weighted by atomic mass is 10.3. The Morgan fingerprint density at radius 3 is 2.64 bits per heavy atom. The van der Waals surface area contributed by atoms with Gasteiger partial charge in [-0.2, -0.15) is 8.75 Å². The number of imidazole rings is 1. The summed E-state index contributed by atoms with van der Waals surface area (Å²) in [6, 6.07) is 12.1. The fourth-order valence-corrected chi connectivity index (χ4v) is 4.77. The maximum atomic E-state index is 13.1. The first kappa shape index (κ1) is 13.4. The third kappa shape index (κ3) is 1.77. The second-order valence-electron chi connectivity index (χ2n) is 4.81. The lowest BCUT2D eigenvalue weighted by molar-refractivity contribution is 0.588. The highest BCUT2D eigenvalue weighted by atomic mass is 32.2. The first-order valence-electron chi connectivity index (χ1n) is 6.50. The fourth-order valence-electron chi connectivity index (χ4n) is 2.52. The smallest absolute Gasteiger partial charge is 0.232 e. The Balaban J connectivity index is 2.09. The van der Waals surface area contributed by atoms with Gasteiger partial charge in [-0.25, -0.2) is 17.4 Å². The molecule has 0 unspecified atom stereocenters. The molecule has 4 rings (SSSR count). The normalized spacial score (nSPS) is 12.2. The predicted molar refractivity (Wildman–Crippen MR) is 84.5 cm³/mol. The fraction of sp³-hybridized carbons (Fsp3) is 0.0714. The number of nitrogens with zero attached hydrogens (tertiary/aromatic N) is 4. The maximum absolute atomic E-state index is 13.1. The van der Waals surface area contributed by atoms with Crippen LogP contribution in [0.25, 0.3) is 22.1 Å². The maximum Gasteiger partial charge on any atom is 0.271 e. The van der Waals surface area contributed by atoms with Crippen molar-refractivity contribution in [3.05, 3.63) is 48.3 Å². The van der Waals surface area contributed by atoms with E-state index in [-0.39, 0.29) is 4.90 Å². The van der Waals surface area contributed by atoms with E-state index in [9.17, 15) is 8.42 Å². The van der Waals surface area contributed by atoms with E-state index in [1.807, 2.05) is 6.07 Å². The molecular weight excluding hydrogens is 320 g/mol. The highest BCUT2D eigenvalue weighted by molar-refractivity contribution is 7.90. The average Bonchev–Trinajstić information content (AvgIpc) is 3.09. The summed E-state index contributed by atoms with van der Waals surface area (Å²) < 4.78 is 35.7. The molecule has 2 heterocycles. The van der Waals surface area contributed by atoms with Gasteiger partial charge in [-0.1, -0.05) is 18.2 Å². The summed E-state index contributed by atoms with van der Waals surface area (Å²) in [5.74, 6) is 0.418. The molecule has 0 saturated heterocycles. The number of benzene rings is 2. The summed E-state index contributed by atoms with van der Waals surface area (Å²) >= 11 is 0.999. The first-order chi connectivity index (χ1) is 10.6. The SMILES string of the molecule is Cc1nc2ccccc2n1S(=O)(=O)c1cccc2nsnc12. The van der Waals surface area contributed by atoms with Crippen molar-refractivity contribution in [3.8, 4) is 0 Å². The minimum atomic E-state index is -3.79. The van der Waals surface area contributed by atoms with E-state index >= 15 is 0 Å². The summed E-state index contributed by atoms with van der Waals surface area (Å²) in [5, 5.41) is 0. The molecule has 0 aliphatic carbocycles. The van der Waals surface area contributed by atoms with E-state index in [2.05, 4.69) is 13.7 Å². The van der Waals surface area contributed by atoms with Crippen molar-refractivity contribution in [2.45, 2.75) is 11.8 Å². The van der Waals surface area contributed by atoms with Gasteiger partial charge in [-0.15, -0.1) is 0 Å². The average molecular weight is 330 g/mol. The molecule has 0 saturated carbocycles. The third-order valence-electron chi connectivity index (χ3n) is 3.44. The second-order valence-corrected chi connectivity index (χ2v) is 7.09. The molecule has 0 aliphatic heterocycles. The topological polar surface area (TPSA) is 77.7 Å². The van der Waals surface area contributed by atoms with Crippen LogP contribution < -0.4 is 0 Å². The van der Waals surface area contributed by atoms with Gasteiger partial charge in [-0.05, 0) is 31.2 Å². The Labute approximate surface area is 130 Å². The van der Waals surface area contributed by atoms with Gasteiger partial charge in [0.25, 0.3) is 10.0 Å². The number of hydrogen-bond acceptors (Lipinski definition) is 6. The lowest BCUT2D eigenvalue weighted by Crippen LogP contribution is -2.15. The summed E-state index contributed by atoms with van der Waals surface area (Å²) in [6.45, 7) is 1.68. The molecule has 0 bridgehead atoms. The zero-order valence-electron chi connectivity index (χ0n) is 11.5. The molecule has 22 heavy (non-hydrogen) atoms. The van der Waals surface area contributed by atoms with Gasteiger partial charge in [-0.3, -0.25) is 0 Å². The van der Waals surface area contributed by atoms with Crippen molar-refractivity contribution >= 4 is 43.8 Å². The number of fused-ring (bicyclic) bond motifs is 2. The van der Waals surface area contributed by atoms with Crippen molar-refractivity contribution in [3.63, 3.8) is 0 Å². The molecule has 0 N–H and O–H groups in total. The van der Waals surface area contributed by atoms with Gasteiger partial charge >= 0.3 is 0 Å². The highest BCUT2D eigenvalue weighted by Crippen LogP contribution is 2.27. The molecule has 0 radical (unpaired) electrons. The molecule has 0 fully saturated rings. The molecule has 8 heteroatoms. The first-order valence-corrected chi connectivity index (χ1v) is 8.67. The number of para-hydroxylation sites is 2. The zero-order chi connectivity index (χ0) is 15.3. The van der Waals surface area contributed by atoms with E-state index in [0.717, 1.165) is 11.7 Å². The van der Waals surface area contributed by atoms with Crippen LogP contribution in [0.3, 0.4) is 0 Å². The van der Waals surface area contributed by atoms with Crippen LogP contribution in [0, 0.1) is 6.92 Å². The lowest BCUT2D eigenvalue weighted by Gasteiger charge is -2.08. The minimum absolute atomic E-state index is 0.144. The van der Waals surface area contributed by atoms with Crippen molar-refractivity contribution in [1.82, 2.24) is 17.7 Å². The molecular formula is C14H10N4O2S2. The quantitative estimate of drug-likeness (QED) is 0.564. The molecule has 4 aromatic rings. The predicted octanol–water partition coefficient (Wildman–Crippen LogP) is 2.59. The van der Waals surface area contributed by atoms with Gasteiger partial charge in [0.1, 0.15) is 21.8 Å². The van der Waals surface area contributed by atoms with Crippen LogP contribution in [-0.2, 0) is 10.0 Å². The summed E-state index contributed by atoms with van der Waals surface area (Å²) in [5.41, 5.74) is 2.17. The molecule has 0 spiro atoms. The molecule has 2 aromatic heterocycles. The largest absolute Gasteiger partial charge is 0.271 e. The van der Waals surface area contributed by atoms with Crippen LogP contribution in [0.15, 0.2) is 47.4 Å². The molecule has 110 valence electrons. The Morgan fingerprint density at radius 2 is 1.77 bits per heavy atom. The number of rotatable bonds is 2. The van der Waals surface area contributed by atoms with Crippen LogP contribution in [0.5, 0.6) is 0 Å². The van der Waals surface area contributed by atoms with Gasteiger partial charge in [0, 0.05) is 0 Å². The van der Waals surface area contributed by atoms with E-state index in [4.69, 9.17) is 0 Å². The Bertz CT molecular complexity index is 1110. The zero-order valence-corrected chi connectivity index (χ0v) is 13.1. The number of aryl methyl sites for hydroxylation is 1. The Kier molecular flexibility index (Phi) is 2.78. The van der Waals surface area contributed by atoms with Crippen molar-refractivity contribution in [2.24, 2.45) is 0 Å². The van der Waals surface area contributed by atoms with Gasteiger partial charge in [0.15, 0.2) is 0 Å². The highest BCUT2D eigenvalue weighted by Gasteiger charge is 2.25. The molecule has 2 aromatic carbocycles. The Morgan fingerprint density at radius 1 is 1.00 bits per heavy atom. The van der Waals surface area contributed by atoms with Crippen LogP contribution in [0.2, 0.25) is 0 Å². The molecule has 0 aliphatic rings. The summed E-state index contributed by atoms with van der Waals surface area (Å²) in [6.07, 6.45) is 0. The van der Waals surface area contributed by atoms with E-state index in [1.54, 1.807) is 43.3 Å². The third-order valence-corrected chi connectivity index (χ3v) is 5.81. The van der Waals surface area contributed by atoms with Crippen molar-refractivity contribution < 1.29 is 8.42 Å². The molecule has 6 nitrogen and oxygen atoms in total. The summed E-state index contributed by atoms with van der Waals surface area (Å²) in [4.78, 5) is 4.47. The van der Waals surface area contributed by atoms with E-state index in [1.165, 1.54) is 3.97 Å². The van der Waals surface area contributed by atoms with E-state index in [0.29, 0.717) is 27.9 Å². The minimum Gasteiger partial charge on any atom is -0.232 e. The van der Waals surface area contributed by atoms with Gasteiger partial charge in [0.2, 0.25) is 0 Å². The van der Waals surface area contributed by atoms with Crippen LogP contribution in [-0.4, -0.2) is 26.1 Å². The van der Waals surface area contributed by atoms with Gasteiger partial charge < -0.3 is 0 Å². The van der Waals surface area contributed by atoms with Gasteiger partial charge in [0.05, 0.1) is 22.8 Å². The van der Waals surface area contributed by atoms with Crippen LogP contribution in [0.1, 0.15) is 5.82 Å². The monoisotopic (exact) mass is 330 g/mol. The standard InChI is InChI=1S/C14H10N4O2S2/c1-9-15-10-5-2-3-7-12(10)18(9)22(19,20)13-8-4-6-11-14(13)17-21-16-11/h2-8H,1H3. The summed E-state index contributed by atoms with van der Waals surface area (Å²) in [7, 11) is -3.79. The number of aromatic nitrogens is 4. The molecule has 0 atom stereocenters. The van der Waals surface area contributed by atoms with E-state index < -0.39 is 10.0 Å². The number of hydrogen-bond donors (Lipinski definition) is 0. The molecule has 0 amide bonds. The van der Waals surface area contributed by atoms with Crippen molar-refractivity contribution in [1.29, 1.82) is 0 Å². The van der Waals surface area contributed by atoms with Crippen LogP contribution in [0.4, 0.5) is 0 Å². The Hall–Kier alpha value is -2.32. The van der Waals surface area contributed by atoms with Crippen molar-refractivity contribution in [2.75, 3.05) is 0 Å².